The van der Waals surface area contributed by atoms with Crippen LogP contribution in [-0.2, 0) is 5.41 Å². The van der Waals surface area contributed by atoms with Gasteiger partial charge in [0.1, 0.15) is 5.75 Å². The van der Waals surface area contributed by atoms with Crippen LogP contribution in [0.2, 0.25) is 0 Å². The first-order valence-electron chi connectivity index (χ1n) is 9.57. The summed E-state index contributed by atoms with van der Waals surface area (Å²) in [7, 11) is 0. The Morgan fingerprint density at radius 3 is 2.36 bits per heavy atom. The SMILES string of the molecule is C=C(C)C1CCC(C)=CC1c1ccc(C(C)(C)CC(C)(C)C)cc1O. The Balaban J connectivity index is 2.39. The largest absolute Gasteiger partial charge is 0.508 e. The number of rotatable bonds is 4. The molecule has 1 aliphatic rings. The topological polar surface area (TPSA) is 20.2 Å². The van der Waals surface area contributed by atoms with E-state index in [9.17, 15) is 5.11 Å². The van der Waals surface area contributed by atoms with Crippen LogP contribution in [0.25, 0.3) is 0 Å². The molecule has 1 heteroatoms. The molecule has 0 fully saturated rings. The number of hydrogen-bond donors (Lipinski definition) is 1. The van der Waals surface area contributed by atoms with E-state index in [1.807, 2.05) is 6.07 Å². The van der Waals surface area contributed by atoms with E-state index in [0.717, 1.165) is 24.8 Å². The second kappa shape index (κ2) is 7.02. The van der Waals surface area contributed by atoms with E-state index >= 15 is 0 Å². The van der Waals surface area contributed by atoms with Gasteiger partial charge in [0.25, 0.3) is 0 Å². The number of allylic oxidation sites excluding steroid dienone is 3. The first kappa shape index (κ1) is 19.8. The molecule has 1 aliphatic carbocycles. The molecule has 2 unspecified atom stereocenters. The van der Waals surface area contributed by atoms with Gasteiger partial charge in [0, 0.05) is 11.5 Å². The first-order valence-corrected chi connectivity index (χ1v) is 9.57. The quantitative estimate of drug-likeness (QED) is 0.578. The maximum atomic E-state index is 10.8. The highest BCUT2D eigenvalue weighted by Crippen LogP contribution is 2.44. The monoisotopic (exact) mass is 340 g/mol. The lowest BCUT2D eigenvalue weighted by Crippen LogP contribution is -2.25. The molecule has 0 amide bonds. The van der Waals surface area contributed by atoms with Crippen molar-refractivity contribution in [1.29, 1.82) is 0 Å². The Morgan fingerprint density at radius 2 is 1.84 bits per heavy atom. The second-order valence-electron chi connectivity index (χ2n) is 9.93. The minimum absolute atomic E-state index is 0.0420. The predicted octanol–water partition coefficient (Wildman–Crippen LogP) is 7.12. The van der Waals surface area contributed by atoms with Gasteiger partial charge in [0.15, 0.2) is 0 Å². The van der Waals surface area contributed by atoms with Gasteiger partial charge in [-0.25, -0.2) is 0 Å². The molecule has 0 saturated carbocycles. The molecule has 2 rings (SSSR count). The number of aromatic hydroxyl groups is 1. The number of benzene rings is 1. The van der Waals surface area contributed by atoms with E-state index in [1.54, 1.807) is 0 Å². The standard InChI is InChI=1S/C24H36O/c1-16(2)19-11-9-17(3)13-21(19)20-12-10-18(14-22(20)25)24(7,8)15-23(4,5)6/h10,12-14,19,21,25H,1,9,11,15H2,2-8H3. The maximum absolute atomic E-state index is 10.8. The van der Waals surface area contributed by atoms with Gasteiger partial charge in [0.2, 0.25) is 0 Å². The van der Waals surface area contributed by atoms with Crippen molar-refractivity contribution in [3.8, 4) is 5.75 Å². The minimum Gasteiger partial charge on any atom is -0.508 e. The lowest BCUT2D eigenvalue weighted by molar-refractivity contribution is 0.283. The molecule has 0 saturated heterocycles. The smallest absolute Gasteiger partial charge is 0.119 e. The molecule has 1 aromatic rings. The molecule has 0 spiro atoms. The Labute approximate surface area is 154 Å². The fraction of sp³-hybridized carbons (Fsp3) is 0.583. The van der Waals surface area contributed by atoms with Gasteiger partial charge >= 0.3 is 0 Å². The van der Waals surface area contributed by atoms with Crippen LogP contribution in [0.5, 0.6) is 5.75 Å². The molecule has 1 N–H and O–H groups in total. The van der Waals surface area contributed by atoms with E-state index in [2.05, 4.69) is 73.3 Å². The number of phenols is 1. The van der Waals surface area contributed by atoms with Gasteiger partial charge in [-0.05, 0) is 61.5 Å². The zero-order valence-electron chi connectivity index (χ0n) is 17.2. The Kier molecular flexibility index (Phi) is 5.56. The molecule has 0 aliphatic heterocycles. The van der Waals surface area contributed by atoms with Crippen LogP contribution in [0, 0.1) is 11.3 Å². The predicted molar refractivity (Wildman–Crippen MR) is 109 cm³/mol. The van der Waals surface area contributed by atoms with Gasteiger partial charge in [-0.3, -0.25) is 0 Å². The Hall–Kier alpha value is -1.50. The summed E-state index contributed by atoms with van der Waals surface area (Å²) >= 11 is 0. The highest BCUT2D eigenvalue weighted by Gasteiger charge is 2.30. The molecule has 0 heterocycles. The maximum Gasteiger partial charge on any atom is 0.119 e. The minimum atomic E-state index is 0.0420. The summed E-state index contributed by atoms with van der Waals surface area (Å²) in [6.45, 7) is 19.9. The summed E-state index contributed by atoms with van der Waals surface area (Å²) < 4.78 is 0. The van der Waals surface area contributed by atoms with Crippen molar-refractivity contribution in [1.82, 2.24) is 0 Å². The van der Waals surface area contributed by atoms with E-state index in [1.165, 1.54) is 16.7 Å². The number of hydrogen-bond acceptors (Lipinski definition) is 1. The van der Waals surface area contributed by atoms with Gasteiger partial charge in [0.05, 0.1) is 0 Å². The molecule has 0 radical (unpaired) electrons. The van der Waals surface area contributed by atoms with E-state index in [0.29, 0.717) is 11.7 Å². The van der Waals surface area contributed by atoms with Crippen molar-refractivity contribution >= 4 is 0 Å². The molecule has 0 bridgehead atoms. The fourth-order valence-electron chi connectivity index (χ4n) is 4.60. The molecular weight excluding hydrogens is 304 g/mol. The van der Waals surface area contributed by atoms with Crippen molar-refractivity contribution < 1.29 is 5.11 Å². The van der Waals surface area contributed by atoms with Crippen LogP contribution in [-0.4, -0.2) is 5.11 Å². The summed E-state index contributed by atoms with van der Waals surface area (Å²) in [6.07, 6.45) is 5.66. The van der Waals surface area contributed by atoms with Crippen molar-refractivity contribution in [3.05, 3.63) is 53.1 Å². The lowest BCUT2D eigenvalue weighted by atomic mass is 9.71. The Morgan fingerprint density at radius 1 is 1.20 bits per heavy atom. The average Bonchev–Trinajstić information content (AvgIpc) is 2.44. The fourth-order valence-corrected chi connectivity index (χ4v) is 4.60. The molecule has 25 heavy (non-hydrogen) atoms. The van der Waals surface area contributed by atoms with Gasteiger partial charge < -0.3 is 5.11 Å². The third kappa shape index (κ3) is 4.77. The molecule has 0 aromatic heterocycles. The van der Waals surface area contributed by atoms with Crippen molar-refractivity contribution in [3.63, 3.8) is 0 Å². The van der Waals surface area contributed by atoms with Crippen LogP contribution in [0.4, 0.5) is 0 Å². The first-order chi connectivity index (χ1) is 11.4. The van der Waals surface area contributed by atoms with Crippen molar-refractivity contribution in [2.45, 2.75) is 79.1 Å². The Bertz CT molecular complexity index is 670. The summed E-state index contributed by atoms with van der Waals surface area (Å²) in [6, 6.07) is 6.35. The normalized spacial score (nSPS) is 21.8. The molecular formula is C24H36O. The van der Waals surface area contributed by atoms with Crippen molar-refractivity contribution in [2.24, 2.45) is 11.3 Å². The molecule has 138 valence electrons. The molecule has 1 nitrogen and oxygen atoms in total. The van der Waals surface area contributed by atoms with E-state index < -0.39 is 0 Å². The van der Waals surface area contributed by atoms with Crippen LogP contribution in [0.3, 0.4) is 0 Å². The highest BCUT2D eigenvalue weighted by atomic mass is 16.3. The molecule has 2 atom stereocenters. The van der Waals surface area contributed by atoms with Crippen LogP contribution < -0.4 is 0 Å². The van der Waals surface area contributed by atoms with Gasteiger partial charge in [-0.2, -0.15) is 0 Å². The summed E-state index contributed by atoms with van der Waals surface area (Å²) in [5.41, 5.74) is 5.19. The van der Waals surface area contributed by atoms with Crippen LogP contribution >= 0.6 is 0 Å². The van der Waals surface area contributed by atoms with Crippen molar-refractivity contribution in [2.75, 3.05) is 0 Å². The van der Waals surface area contributed by atoms with Crippen LogP contribution in [0.1, 0.15) is 84.8 Å². The second-order valence-corrected chi connectivity index (χ2v) is 9.93. The van der Waals surface area contributed by atoms with E-state index in [-0.39, 0.29) is 16.7 Å². The lowest BCUT2D eigenvalue weighted by Gasteiger charge is -2.34. The summed E-state index contributed by atoms with van der Waals surface area (Å²) in [4.78, 5) is 0. The average molecular weight is 341 g/mol. The number of phenolic OH excluding ortho intramolecular Hbond substituents is 1. The third-order valence-electron chi connectivity index (χ3n) is 5.52. The van der Waals surface area contributed by atoms with Gasteiger partial charge in [-0.15, -0.1) is 0 Å². The summed E-state index contributed by atoms with van der Waals surface area (Å²) in [5, 5.41) is 10.8. The van der Waals surface area contributed by atoms with Crippen LogP contribution in [0.15, 0.2) is 42.0 Å². The van der Waals surface area contributed by atoms with E-state index in [4.69, 9.17) is 0 Å². The zero-order valence-corrected chi connectivity index (χ0v) is 17.2. The highest BCUT2D eigenvalue weighted by molar-refractivity contribution is 5.45. The molecule has 1 aromatic carbocycles. The third-order valence-corrected chi connectivity index (χ3v) is 5.52. The van der Waals surface area contributed by atoms with Gasteiger partial charge in [-0.1, -0.05) is 70.6 Å². The summed E-state index contributed by atoms with van der Waals surface area (Å²) in [5.74, 6) is 1.09. The zero-order chi connectivity index (χ0) is 19.0.